The first-order valence-corrected chi connectivity index (χ1v) is 12.1. The molecule has 28 heavy (non-hydrogen) atoms. The topological polar surface area (TPSA) is 52.7 Å². The van der Waals surface area contributed by atoms with E-state index >= 15 is 0 Å². The van der Waals surface area contributed by atoms with Gasteiger partial charge in [-0.1, -0.05) is 0 Å². The van der Waals surface area contributed by atoms with Crippen molar-refractivity contribution in [3.63, 3.8) is 0 Å². The number of hydrogen-bond acceptors (Lipinski definition) is 6. The molecule has 6 rings (SSSR count). The number of likely N-dealkylation sites (tertiary alicyclic amines) is 2. The summed E-state index contributed by atoms with van der Waals surface area (Å²) in [6.07, 6.45) is 5.36. The number of hydrogen-bond donors (Lipinski definition) is 1. The Morgan fingerprint density at radius 2 is 1.36 bits per heavy atom. The normalized spacial score (nSPS) is 51.1. The minimum atomic E-state index is 0.197. The van der Waals surface area contributed by atoms with Gasteiger partial charge in [0.2, 0.25) is 0 Å². The second-order valence-electron chi connectivity index (χ2n) is 10.2. The van der Waals surface area contributed by atoms with E-state index in [1.807, 2.05) is 0 Å². The molecule has 6 heterocycles. The number of rotatable bonds is 2. The minimum absolute atomic E-state index is 0.197. The van der Waals surface area contributed by atoms with Crippen LogP contribution in [0, 0.1) is 23.7 Å². The van der Waals surface area contributed by atoms with E-state index in [-0.39, 0.29) is 12.1 Å². The Labute approximate surface area is 173 Å². The van der Waals surface area contributed by atoms with Gasteiger partial charge >= 0.3 is 0 Å². The van der Waals surface area contributed by atoms with E-state index in [4.69, 9.17) is 0 Å². The van der Waals surface area contributed by atoms with E-state index in [9.17, 15) is 9.59 Å². The summed E-state index contributed by atoms with van der Waals surface area (Å²) < 4.78 is 0. The highest BCUT2D eigenvalue weighted by Crippen LogP contribution is 2.57. The monoisotopic (exact) mass is 405 g/mol. The Bertz CT molecular complexity index is 616. The molecule has 4 bridgehead atoms. The van der Waals surface area contributed by atoms with Gasteiger partial charge in [0, 0.05) is 41.6 Å². The number of fused-ring (bicyclic) bond motifs is 10. The number of nitrogens with one attached hydrogen (secondary N) is 1. The molecule has 0 amide bonds. The van der Waals surface area contributed by atoms with Gasteiger partial charge in [-0.25, -0.2) is 0 Å². The number of carbonyl (C=O) groups is 2. The quantitative estimate of drug-likeness (QED) is 0.754. The molecular formula is C22H35N3O2S. The SMILES string of the molecule is CC(=O)C1C2C3CCC(N3)C2CN1C.CC(=O)C1C2C3CCC(S3)C2CN1C. The van der Waals surface area contributed by atoms with Crippen molar-refractivity contribution in [2.45, 2.75) is 74.2 Å². The smallest absolute Gasteiger partial charge is 0.147 e. The summed E-state index contributed by atoms with van der Waals surface area (Å²) in [4.78, 5) is 27.8. The lowest BCUT2D eigenvalue weighted by atomic mass is 9.78. The van der Waals surface area contributed by atoms with Crippen LogP contribution in [0.1, 0.15) is 39.5 Å². The van der Waals surface area contributed by atoms with Gasteiger partial charge in [-0.3, -0.25) is 19.4 Å². The molecule has 1 N–H and O–H groups in total. The molecule has 6 heteroatoms. The standard InChI is InChI=1S/C11H18N2O.C11H17NOS/c1-6(14)11-10-7(5-13(11)2)8-3-4-9(10)12-8;1-6(13)11-10-7(5-12(11)2)8-3-4-9(10)14-8/h7-12H,3-5H2,1-2H3;7-11H,3-5H2,1-2H3. The Hall–Kier alpha value is -0.430. The predicted molar refractivity (Wildman–Crippen MR) is 113 cm³/mol. The molecule has 5 nitrogen and oxygen atoms in total. The van der Waals surface area contributed by atoms with Gasteiger partial charge in [0.05, 0.1) is 12.1 Å². The lowest BCUT2D eigenvalue weighted by Gasteiger charge is -2.26. The second-order valence-corrected chi connectivity index (χ2v) is 11.7. The fourth-order valence-electron chi connectivity index (χ4n) is 7.84. The van der Waals surface area contributed by atoms with Crippen LogP contribution in [-0.2, 0) is 9.59 Å². The van der Waals surface area contributed by atoms with Crippen molar-refractivity contribution in [1.82, 2.24) is 15.1 Å². The predicted octanol–water partition coefficient (Wildman–Crippen LogP) is 1.66. The number of Topliss-reactive ketones (excluding diaryl/α,β-unsaturated/α-hetero) is 2. The summed E-state index contributed by atoms with van der Waals surface area (Å²) in [5.74, 6) is 3.59. The van der Waals surface area contributed by atoms with Crippen molar-refractivity contribution in [3.8, 4) is 0 Å². The first-order valence-electron chi connectivity index (χ1n) is 11.2. The number of nitrogens with zero attached hydrogens (tertiary/aromatic N) is 2. The minimum Gasteiger partial charge on any atom is -0.311 e. The van der Waals surface area contributed by atoms with Gasteiger partial charge in [-0.15, -0.1) is 0 Å². The Morgan fingerprint density at radius 3 is 2.04 bits per heavy atom. The summed E-state index contributed by atoms with van der Waals surface area (Å²) in [5, 5.41) is 5.32. The Morgan fingerprint density at radius 1 is 0.786 bits per heavy atom. The molecule has 0 aliphatic carbocycles. The molecule has 0 aromatic rings. The summed E-state index contributed by atoms with van der Waals surface area (Å²) >= 11 is 2.17. The van der Waals surface area contributed by atoms with Crippen LogP contribution in [0.3, 0.4) is 0 Å². The van der Waals surface area contributed by atoms with Gasteiger partial charge < -0.3 is 5.32 Å². The van der Waals surface area contributed by atoms with Crippen LogP contribution in [0.2, 0.25) is 0 Å². The van der Waals surface area contributed by atoms with Gasteiger partial charge in [0.1, 0.15) is 11.6 Å². The Balaban J connectivity index is 0.000000122. The average Bonchev–Trinajstić information content (AvgIpc) is 3.42. The third-order valence-electron chi connectivity index (χ3n) is 8.69. The lowest BCUT2D eigenvalue weighted by Crippen LogP contribution is -2.41. The van der Waals surface area contributed by atoms with Crippen molar-refractivity contribution in [1.29, 1.82) is 0 Å². The molecule has 0 aromatic heterocycles. The van der Waals surface area contributed by atoms with Crippen LogP contribution in [0.4, 0.5) is 0 Å². The van der Waals surface area contributed by atoms with Gasteiger partial charge in [-0.05, 0) is 71.4 Å². The molecule has 6 saturated heterocycles. The first kappa shape index (κ1) is 19.5. The maximum absolute atomic E-state index is 11.6. The molecule has 156 valence electrons. The van der Waals surface area contributed by atoms with Crippen molar-refractivity contribution in [3.05, 3.63) is 0 Å². The van der Waals surface area contributed by atoms with Crippen LogP contribution in [-0.4, -0.2) is 83.2 Å². The number of thioether (sulfide) groups is 1. The molecule has 0 spiro atoms. The summed E-state index contributed by atoms with van der Waals surface area (Å²) in [7, 11) is 4.22. The van der Waals surface area contributed by atoms with E-state index in [1.165, 1.54) is 25.7 Å². The zero-order chi connectivity index (χ0) is 19.7. The second kappa shape index (κ2) is 7.07. The number of carbonyl (C=O) groups excluding carboxylic acids is 2. The molecule has 6 aliphatic rings. The van der Waals surface area contributed by atoms with Gasteiger partial charge in [-0.2, -0.15) is 11.8 Å². The van der Waals surface area contributed by atoms with Crippen LogP contribution in [0.15, 0.2) is 0 Å². The van der Waals surface area contributed by atoms with E-state index in [0.717, 1.165) is 35.4 Å². The van der Waals surface area contributed by atoms with Gasteiger partial charge in [0.15, 0.2) is 0 Å². The van der Waals surface area contributed by atoms with E-state index in [1.54, 1.807) is 13.8 Å². The lowest BCUT2D eigenvalue weighted by molar-refractivity contribution is -0.122. The van der Waals surface area contributed by atoms with Crippen molar-refractivity contribution < 1.29 is 9.59 Å². The molecular weight excluding hydrogens is 370 g/mol. The van der Waals surface area contributed by atoms with Crippen molar-refractivity contribution >= 4 is 23.3 Å². The number of likely N-dealkylation sites (N-methyl/N-ethyl adjacent to an activating group) is 2. The highest BCUT2D eigenvalue weighted by atomic mass is 32.2. The van der Waals surface area contributed by atoms with E-state index in [2.05, 4.69) is 41.0 Å². The van der Waals surface area contributed by atoms with Crippen molar-refractivity contribution in [2.75, 3.05) is 27.2 Å². The maximum Gasteiger partial charge on any atom is 0.147 e. The highest BCUT2D eigenvalue weighted by molar-refractivity contribution is 8.01. The van der Waals surface area contributed by atoms with E-state index in [0.29, 0.717) is 35.5 Å². The maximum atomic E-state index is 11.6. The summed E-state index contributed by atoms with van der Waals surface area (Å²) in [5.41, 5.74) is 0. The van der Waals surface area contributed by atoms with Crippen LogP contribution in [0.5, 0.6) is 0 Å². The Kier molecular flexibility index (Phi) is 4.93. The first-order chi connectivity index (χ1) is 13.4. The molecule has 0 aromatic carbocycles. The molecule has 10 unspecified atom stereocenters. The summed E-state index contributed by atoms with van der Waals surface area (Å²) in [6, 6.07) is 1.77. The van der Waals surface area contributed by atoms with E-state index < -0.39 is 0 Å². The van der Waals surface area contributed by atoms with Crippen LogP contribution in [0.25, 0.3) is 0 Å². The van der Waals surface area contributed by atoms with Gasteiger partial charge in [0.25, 0.3) is 0 Å². The molecule has 0 radical (unpaired) electrons. The third kappa shape index (κ3) is 2.85. The van der Waals surface area contributed by atoms with Crippen LogP contribution >= 0.6 is 11.8 Å². The zero-order valence-electron chi connectivity index (χ0n) is 17.6. The van der Waals surface area contributed by atoms with Crippen molar-refractivity contribution in [2.24, 2.45) is 23.7 Å². The average molecular weight is 406 g/mol. The largest absolute Gasteiger partial charge is 0.311 e. The summed E-state index contributed by atoms with van der Waals surface area (Å²) in [6.45, 7) is 5.78. The third-order valence-corrected chi connectivity index (χ3v) is 10.5. The molecule has 0 saturated carbocycles. The fourth-order valence-corrected chi connectivity index (χ4v) is 9.84. The fraction of sp³-hybridized carbons (Fsp3) is 0.909. The molecule has 6 aliphatic heterocycles. The molecule has 10 atom stereocenters. The zero-order valence-corrected chi connectivity index (χ0v) is 18.5. The van der Waals surface area contributed by atoms with Crippen LogP contribution < -0.4 is 5.32 Å². The number of ketones is 2. The highest BCUT2D eigenvalue weighted by Gasteiger charge is 2.57. The molecule has 6 fully saturated rings.